The maximum Gasteiger partial charge on any atom is 0.152 e. The fraction of sp³-hybridized carbons (Fsp3) is 0.0588. The fourth-order valence-electron chi connectivity index (χ4n) is 2.29. The van der Waals surface area contributed by atoms with Gasteiger partial charge < -0.3 is 5.32 Å². The molecular weight excluding hydrogens is 328 g/mol. The van der Waals surface area contributed by atoms with Crippen LogP contribution in [0, 0.1) is 0 Å². The molecule has 3 nitrogen and oxygen atoms in total. The average molecular weight is 341 g/mol. The van der Waals surface area contributed by atoms with Crippen molar-refractivity contribution in [2.45, 2.75) is 6.54 Å². The van der Waals surface area contributed by atoms with Crippen molar-refractivity contribution in [2.75, 3.05) is 5.32 Å². The zero-order chi connectivity index (χ0) is 14.7. The lowest BCUT2D eigenvalue weighted by atomic mass is 10.1. The van der Waals surface area contributed by atoms with Gasteiger partial charge in [-0.2, -0.15) is 0 Å². The smallest absolute Gasteiger partial charge is 0.152 e. The number of carbonyl (C=O) groups is 1. The summed E-state index contributed by atoms with van der Waals surface area (Å²) < 4.78 is 1.00. The number of rotatable bonds is 4. The molecule has 0 amide bonds. The molecule has 2 aromatic carbocycles. The Labute approximate surface area is 131 Å². The van der Waals surface area contributed by atoms with Crippen LogP contribution in [-0.2, 0) is 6.54 Å². The molecule has 3 rings (SSSR count). The van der Waals surface area contributed by atoms with Gasteiger partial charge in [0.2, 0.25) is 0 Å². The Morgan fingerprint density at radius 3 is 2.81 bits per heavy atom. The van der Waals surface area contributed by atoms with Gasteiger partial charge in [-0.25, -0.2) is 0 Å². The van der Waals surface area contributed by atoms with E-state index in [1.165, 1.54) is 0 Å². The number of fused-ring (bicyclic) bond motifs is 1. The van der Waals surface area contributed by atoms with E-state index in [9.17, 15) is 4.79 Å². The summed E-state index contributed by atoms with van der Waals surface area (Å²) in [6.07, 6.45) is 2.65. The third-order valence-corrected chi connectivity index (χ3v) is 4.11. The molecule has 0 fully saturated rings. The largest absolute Gasteiger partial charge is 0.380 e. The third kappa shape index (κ3) is 2.81. The first-order valence-corrected chi connectivity index (χ1v) is 7.39. The highest BCUT2D eigenvalue weighted by Crippen LogP contribution is 2.26. The van der Waals surface area contributed by atoms with E-state index in [1.54, 1.807) is 12.3 Å². The summed E-state index contributed by atoms with van der Waals surface area (Å²) in [6.45, 7) is 0.597. The lowest BCUT2D eigenvalue weighted by Gasteiger charge is -2.12. The van der Waals surface area contributed by atoms with Crippen molar-refractivity contribution in [1.82, 2.24) is 4.98 Å². The maximum atomic E-state index is 11.1. The second-order valence-corrected chi connectivity index (χ2v) is 5.51. The predicted octanol–water partition coefficient (Wildman–Crippen LogP) is 4.42. The van der Waals surface area contributed by atoms with Crippen LogP contribution in [0.4, 0.5) is 5.69 Å². The van der Waals surface area contributed by atoms with Crippen LogP contribution in [0.1, 0.15) is 15.9 Å². The Hall–Kier alpha value is -2.20. The number of hydrogen-bond donors (Lipinski definition) is 1. The maximum absolute atomic E-state index is 11.1. The van der Waals surface area contributed by atoms with Gasteiger partial charge in [0.15, 0.2) is 6.29 Å². The molecule has 3 aromatic rings. The van der Waals surface area contributed by atoms with Crippen molar-refractivity contribution in [3.63, 3.8) is 0 Å². The Morgan fingerprint density at radius 2 is 1.95 bits per heavy atom. The summed E-state index contributed by atoms with van der Waals surface area (Å²) >= 11 is 3.58. The molecule has 0 bridgehead atoms. The first-order chi connectivity index (χ1) is 10.3. The van der Waals surface area contributed by atoms with Crippen molar-refractivity contribution >= 4 is 38.8 Å². The van der Waals surface area contributed by atoms with Crippen LogP contribution in [0.5, 0.6) is 0 Å². The van der Waals surface area contributed by atoms with E-state index in [2.05, 4.69) is 26.2 Å². The van der Waals surface area contributed by atoms with Crippen LogP contribution in [0.25, 0.3) is 10.9 Å². The second kappa shape index (κ2) is 6.06. The molecule has 0 radical (unpaired) electrons. The monoisotopic (exact) mass is 340 g/mol. The zero-order valence-corrected chi connectivity index (χ0v) is 12.8. The Morgan fingerprint density at radius 1 is 1.10 bits per heavy atom. The topological polar surface area (TPSA) is 42.0 Å². The van der Waals surface area contributed by atoms with Gasteiger partial charge >= 0.3 is 0 Å². The van der Waals surface area contributed by atoms with E-state index in [0.717, 1.165) is 32.9 Å². The molecule has 1 aromatic heterocycles. The average Bonchev–Trinajstić information content (AvgIpc) is 2.54. The summed E-state index contributed by atoms with van der Waals surface area (Å²) in [5.41, 5.74) is 3.52. The first kappa shape index (κ1) is 13.8. The molecule has 1 N–H and O–H groups in total. The van der Waals surface area contributed by atoms with Crippen molar-refractivity contribution in [2.24, 2.45) is 0 Å². The molecule has 0 atom stereocenters. The van der Waals surface area contributed by atoms with Crippen molar-refractivity contribution in [3.8, 4) is 0 Å². The number of anilines is 1. The van der Waals surface area contributed by atoms with E-state index < -0.39 is 0 Å². The standard InChI is InChI=1S/C17H13BrN2O/c18-15-8-7-12-5-3-9-19-17(12)14(15)10-20-16-6-2-1-4-13(16)11-21/h1-9,11,20H,10H2. The zero-order valence-electron chi connectivity index (χ0n) is 11.2. The number of nitrogens with zero attached hydrogens (tertiary/aromatic N) is 1. The molecule has 0 saturated carbocycles. The van der Waals surface area contributed by atoms with Gasteiger partial charge in [0.05, 0.1) is 5.52 Å². The summed E-state index contributed by atoms with van der Waals surface area (Å²) in [4.78, 5) is 15.5. The lowest BCUT2D eigenvalue weighted by Crippen LogP contribution is -2.04. The van der Waals surface area contributed by atoms with Crippen LogP contribution >= 0.6 is 15.9 Å². The molecule has 4 heteroatoms. The van der Waals surface area contributed by atoms with Gasteiger partial charge in [-0.3, -0.25) is 9.78 Å². The SMILES string of the molecule is O=Cc1ccccc1NCc1c(Br)ccc2cccnc12. The normalized spacial score (nSPS) is 10.5. The quantitative estimate of drug-likeness (QED) is 0.714. The lowest BCUT2D eigenvalue weighted by molar-refractivity contribution is 0.112. The van der Waals surface area contributed by atoms with Crippen molar-refractivity contribution in [3.05, 3.63) is 70.3 Å². The van der Waals surface area contributed by atoms with Gasteiger partial charge in [-0.05, 0) is 24.3 Å². The Bertz CT molecular complexity index is 802. The Balaban J connectivity index is 1.95. The van der Waals surface area contributed by atoms with E-state index in [0.29, 0.717) is 12.1 Å². The molecule has 21 heavy (non-hydrogen) atoms. The van der Waals surface area contributed by atoms with E-state index in [4.69, 9.17) is 0 Å². The van der Waals surface area contributed by atoms with Gasteiger partial charge in [-0.15, -0.1) is 0 Å². The second-order valence-electron chi connectivity index (χ2n) is 4.66. The number of aromatic nitrogens is 1. The summed E-state index contributed by atoms with van der Waals surface area (Å²) in [5.74, 6) is 0. The molecule has 0 aliphatic heterocycles. The van der Waals surface area contributed by atoms with Crippen LogP contribution in [-0.4, -0.2) is 11.3 Å². The van der Waals surface area contributed by atoms with Gasteiger partial charge in [0.25, 0.3) is 0 Å². The van der Waals surface area contributed by atoms with Crippen LogP contribution < -0.4 is 5.32 Å². The molecule has 0 spiro atoms. The number of aldehydes is 1. The summed E-state index contributed by atoms with van der Waals surface area (Å²) in [5, 5.41) is 4.41. The molecule has 1 heterocycles. The Kier molecular flexibility index (Phi) is 3.97. The highest BCUT2D eigenvalue weighted by molar-refractivity contribution is 9.10. The molecule has 0 aliphatic rings. The van der Waals surface area contributed by atoms with Crippen LogP contribution in [0.2, 0.25) is 0 Å². The van der Waals surface area contributed by atoms with Gasteiger partial charge in [-0.1, -0.05) is 40.2 Å². The fourth-order valence-corrected chi connectivity index (χ4v) is 2.75. The number of hydrogen-bond acceptors (Lipinski definition) is 3. The number of para-hydroxylation sites is 1. The highest BCUT2D eigenvalue weighted by atomic mass is 79.9. The summed E-state index contributed by atoms with van der Waals surface area (Å²) in [7, 11) is 0. The molecule has 0 saturated heterocycles. The minimum atomic E-state index is 0.597. The number of carbonyl (C=O) groups excluding carboxylic acids is 1. The molecule has 0 aliphatic carbocycles. The van der Waals surface area contributed by atoms with Gasteiger partial charge in [0.1, 0.15) is 0 Å². The third-order valence-electron chi connectivity index (χ3n) is 3.37. The predicted molar refractivity (Wildman–Crippen MR) is 88.6 cm³/mol. The molecule has 0 unspecified atom stereocenters. The van der Waals surface area contributed by atoms with Gasteiger partial charge in [0, 0.05) is 39.4 Å². The van der Waals surface area contributed by atoms with E-state index >= 15 is 0 Å². The van der Waals surface area contributed by atoms with Crippen LogP contribution in [0.15, 0.2) is 59.2 Å². The number of pyridine rings is 1. The highest BCUT2D eigenvalue weighted by Gasteiger charge is 2.08. The van der Waals surface area contributed by atoms with Crippen LogP contribution in [0.3, 0.4) is 0 Å². The number of benzene rings is 2. The van der Waals surface area contributed by atoms with E-state index in [1.807, 2.05) is 42.5 Å². The number of nitrogens with one attached hydrogen (secondary N) is 1. The summed E-state index contributed by atoms with van der Waals surface area (Å²) in [6, 6.07) is 15.5. The first-order valence-electron chi connectivity index (χ1n) is 6.60. The number of halogens is 1. The minimum Gasteiger partial charge on any atom is -0.380 e. The van der Waals surface area contributed by atoms with Crippen molar-refractivity contribution < 1.29 is 4.79 Å². The van der Waals surface area contributed by atoms with Crippen molar-refractivity contribution in [1.29, 1.82) is 0 Å². The minimum absolute atomic E-state index is 0.597. The van der Waals surface area contributed by atoms with E-state index in [-0.39, 0.29) is 0 Å². The molecule has 104 valence electrons. The molecular formula is C17H13BrN2O.